The van der Waals surface area contributed by atoms with Crippen LogP contribution < -0.4 is 20.7 Å². The zero-order chi connectivity index (χ0) is 37.5. The number of nitrogens with zero attached hydrogens (tertiary/aromatic N) is 2. The third kappa shape index (κ3) is 13.0. The third-order valence-corrected chi connectivity index (χ3v) is 7.90. The van der Waals surface area contributed by atoms with Gasteiger partial charge in [0.2, 0.25) is 0 Å². The van der Waals surface area contributed by atoms with E-state index in [1.807, 2.05) is 48.5 Å². The van der Waals surface area contributed by atoms with Gasteiger partial charge in [0.15, 0.2) is 12.2 Å². The van der Waals surface area contributed by atoms with Gasteiger partial charge in [-0.15, -0.1) is 0 Å². The van der Waals surface area contributed by atoms with E-state index in [4.69, 9.17) is 23.8 Å². The van der Waals surface area contributed by atoms with Crippen molar-refractivity contribution in [2.45, 2.75) is 51.4 Å². The van der Waals surface area contributed by atoms with Gasteiger partial charge in [0.1, 0.15) is 11.9 Å². The fourth-order valence-electron chi connectivity index (χ4n) is 5.26. The fourth-order valence-corrected chi connectivity index (χ4v) is 5.26. The first kappa shape index (κ1) is 39.2. The lowest BCUT2D eigenvalue weighted by molar-refractivity contribution is -0.192. The number of amides is 3. The van der Waals surface area contributed by atoms with E-state index in [-0.39, 0.29) is 12.6 Å². The van der Waals surface area contributed by atoms with Gasteiger partial charge in [-0.2, -0.15) is 13.2 Å². The number of aliphatic carboxylic acids is 1. The second-order valence-electron chi connectivity index (χ2n) is 12.1. The number of carboxylic acids is 1. The lowest BCUT2D eigenvalue weighted by Gasteiger charge is -2.25. The molecule has 1 unspecified atom stereocenters. The van der Waals surface area contributed by atoms with E-state index in [0.717, 1.165) is 55.1 Å². The van der Waals surface area contributed by atoms with Crippen LogP contribution in [0, 0.1) is 5.92 Å². The number of benzene rings is 3. The number of hydrogen-bond donors (Lipinski definition) is 4. The Morgan fingerprint density at radius 1 is 1.00 bits per heavy atom. The Morgan fingerprint density at radius 3 is 2.33 bits per heavy atom. The monoisotopic (exact) mass is 725 g/mol. The number of halogens is 3. The summed E-state index contributed by atoms with van der Waals surface area (Å²) in [6, 6.07) is 22.0. The van der Waals surface area contributed by atoms with Crippen molar-refractivity contribution in [3.8, 4) is 17.1 Å². The molecule has 1 aliphatic carbocycles. The number of alkyl carbamates (subject to hydrolysis) is 1. The van der Waals surface area contributed by atoms with Crippen LogP contribution in [0.5, 0.6) is 5.75 Å². The number of alkyl halides is 3. The number of oxazole rings is 1. The van der Waals surface area contributed by atoms with Crippen molar-refractivity contribution in [2.24, 2.45) is 5.92 Å². The van der Waals surface area contributed by atoms with E-state index in [0.29, 0.717) is 22.9 Å². The highest BCUT2D eigenvalue weighted by Gasteiger charge is 2.38. The minimum Gasteiger partial charge on any atom is -0.496 e. The number of carbonyl (C=O) groups excluding carboxylic acids is 2. The molecule has 1 fully saturated rings. The molecule has 0 radical (unpaired) electrons. The molecule has 4 aromatic rings. The molecule has 4 N–H and O–H groups in total. The summed E-state index contributed by atoms with van der Waals surface area (Å²) in [6.07, 6.45) is 1.50. The molecule has 0 aliphatic heterocycles. The number of carboxylic acid groups (broad SMARTS) is 1. The van der Waals surface area contributed by atoms with Gasteiger partial charge in [-0.05, 0) is 67.1 Å². The number of ether oxygens (including phenoxy) is 2. The maximum Gasteiger partial charge on any atom is 0.490 e. The zero-order valence-electron chi connectivity index (χ0n) is 28.8. The summed E-state index contributed by atoms with van der Waals surface area (Å²) in [5, 5.41) is 15.7. The standard InChI is InChI=1S/C35H41N5O5.C2HF3O2/c1-3-17-40(23-25-12-13-25)18-16-31(27-9-5-4-6-10-27)45-35(42)37-21-26-8-7-11-28(19-26)38-34(41)39-29-14-15-30(32(20-29)43-2)33-22-36-24-44-33;3-2(4,5)1(6)7/h4-11,14-15,19-20,22,24-25,31H,3,12-13,16-18,21,23H2,1-2H3,(H,37,42)(H2,38,39,41);(H,6,7). The van der Waals surface area contributed by atoms with E-state index in [2.05, 4.69) is 32.8 Å². The van der Waals surface area contributed by atoms with Gasteiger partial charge in [-0.25, -0.2) is 19.4 Å². The molecule has 1 aromatic heterocycles. The number of aromatic nitrogens is 1. The van der Waals surface area contributed by atoms with E-state index in [1.54, 1.807) is 37.6 Å². The van der Waals surface area contributed by atoms with Crippen molar-refractivity contribution < 1.29 is 46.6 Å². The van der Waals surface area contributed by atoms with Crippen LogP contribution in [0.4, 0.5) is 34.1 Å². The average Bonchev–Trinajstić information content (AvgIpc) is 3.77. The summed E-state index contributed by atoms with van der Waals surface area (Å²) in [5.74, 6) is -0.841. The Morgan fingerprint density at radius 2 is 1.71 bits per heavy atom. The molecule has 1 atom stereocenters. The van der Waals surface area contributed by atoms with Crippen molar-refractivity contribution in [3.63, 3.8) is 0 Å². The highest BCUT2D eigenvalue weighted by molar-refractivity contribution is 6.00. The number of nitrogens with one attached hydrogen (secondary N) is 3. The van der Waals surface area contributed by atoms with Crippen LogP contribution in [-0.2, 0) is 16.1 Å². The summed E-state index contributed by atoms with van der Waals surface area (Å²) in [5.41, 5.74) is 3.66. The quantitative estimate of drug-likeness (QED) is 0.0951. The first-order valence-electron chi connectivity index (χ1n) is 16.7. The number of hydrogen-bond acceptors (Lipinski definition) is 8. The smallest absolute Gasteiger partial charge is 0.490 e. The normalized spacial score (nSPS) is 13.0. The minimum atomic E-state index is -5.08. The highest BCUT2D eigenvalue weighted by Crippen LogP contribution is 2.33. The largest absolute Gasteiger partial charge is 0.496 e. The third-order valence-electron chi connectivity index (χ3n) is 7.90. The molecule has 5 rings (SSSR count). The first-order valence-corrected chi connectivity index (χ1v) is 16.7. The van der Waals surface area contributed by atoms with Crippen LogP contribution in [0.15, 0.2) is 89.8 Å². The number of rotatable bonds is 15. The van der Waals surface area contributed by atoms with Crippen LogP contribution in [0.1, 0.15) is 49.8 Å². The summed E-state index contributed by atoms with van der Waals surface area (Å²) < 4.78 is 48.5. The van der Waals surface area contributed by atoms with E-state index >= 15 is 0 Å². The predicted molar refractivity (Wildman–Crippen MR) is 188 cm³/mol. The lowest BCUT2D eigenvalue weighted by atomic mass is 10.1. The van der Waals surface area contributed by atoms with Gasteiger partial charge in [-0.3, -0.25) is 0 Å². The van der Waals surface area contributed by atoms with Crippen molar-refractivity contribution >= 4 is 29.5 Å². The van der Waals surface area contributed by atoms with Gasteiger partial charge >= 0.3 is 24.3 Å². The van der Waals surface area contributed by atoms with Gasteiger partial charge < -0.3 is 39.8 Å². The SMILES string of the molecule is CCCN(CCC(OC(=O)NCc1cccc(NC(=O)Nc2ccc(-c3cnco3)c(OC)c2)c1)c1ccccc1)CC1CC1.O=C(O)C(F)(F)F. The maximum absolute atomic E-state index is 12.9. The van der Waals surface area contributed by atoms with E-state index in [9.17, 15) is 22.8 Å². The van der Waals surface area contributed by atoms with Gasteiger partial charge in [0.25, 0.3) is 0 Å². The van der Waals surface area contributed by atoms with E-state index in [1.165, 1.54) is 19.2 Å². The van der Waals surface area contributed by atoms with Crippen molar-refractivity contribution in [1.29, 1.82) is 0 Å². The fraction of sp³-hybridized carbons (Fsp3) is 0.351. The Balaban J connectivity index is 0.000000785. The molecular weight excluding hydrogens is 683 g/mol. The van der Waals surface area contributed by atoms with E-state index < -0.39 is 24.3 Å². The summed E-state index contributed by atoms with van der Waals surface area (Å²) in [6.45, 7) is 5.50. The summed E-state index contributed by atoms with van der Waals surface area (Å²) >= 11 is 0. The number of carbonyl (C=O) groups is 3. The molecule has 15 heteroatoms. The Labute approximate surface area is 299 Å². The summed E-state index contributed by atoms with van der Waals surface area (Å²) in [7, 11) is 1.55. The predicted octanol–water partition coefficient (Wildman–Crippen LogP) is 8.11. The molecule has 3 aromatic carbocycles. The van der Waals surface area contributed by atoms with Crippen molar-refractivity contribution in [1.82, 2.24) is 15.2 Å². The van der Waals surface area contributed by atoms with Crippen LogP contribution in [0.3, 0.4) is 0 Å². The molecule has 1 heterocycles. The van der Waals surface area contributed by atoms with Crippen LogP contribution >= 0.6 is 0 Å². The van der Waals surface area contributed by atoms with Crippen LogP contribution in [-0.4, -0.2) is 66.0 Å². The Bertz CT molecular complexity index is 1740. The second kappa shape index (κ2) is 19.2. The molecule has 0 spiro atoms. The molecule has 1 aliphatic rings. The number of methoxy groups -OCH3 is 1. The first-order chi connectivity index (χ1) is 24.9. The number of anilines is 2. The molecule has 52 heavy (non-hydrogen) atoms. The summed E-state index contributed by atoms with van der Waals surface area (Å²) in [4.78, 5) is 41.0. The Kier molecular flexibility index (Phi) is 14.4. The lowest BCUT2D eigenvalue weighted by Crippen LogP contribution is -2.31. The minimum absolute atomic E-state index is 0.251. The van der Waals surface area contributed by atoms with Gasteiger partial charge in [0.05, 0.1) is 18.9 Å². The van der Waals surface area contributed by atoms with Crippen LogP contribution in [0.25, 0.3) is 11.3 Å². The van der Waals surface area contributed by atoms with Gasteiger partial charge in [0, 0.05) is 43.5 Å². The van der Waals surface area contributed by atoms with Crippen LogP contribution in [0.2, 0.25) is 0 Å². The second-order valence-corrected chi connectivity index (χ2v) is 12.1. The molecule has 3 amide bonds. The maximum atomic E-state index is 12.9. The molecule has 1 saturated carbocycles. The number of urea groups is 1. The average molecular weight is 726 g/mol. The van der Waals surface area contributed by atoms with Gasteiger partial charge in [-0.1, -0.05) is 49.4 Å². The molecule has 0 bridgehead atoms. The topological polar surface area (TPSA) is 155 Å². The van der Waals surface area contributed by atoms with Crippen molar-refractivity contribution in [2.75, 3.05) is 37.4 Å². The molecule has 12 nitrogen and oxygen atoms in total. The molecule has 0 saturated heterocycles. The zero-order valence-corrected chi connectivity index (χ0v) is 28.8. The molecule has 278 valence electrons. The van der Waals surface area contributed by atoms with Crippen molar-refractivity contribution in [3.05, 3.63) is 96.5 Å². The highest BCUT2D eigenvalue weighted by atomic mass is 19.4. The Hall–Kier alpha value is -5.57. The molecular formula is C37H42F3N5O7.